The van der Waals surface area contributed by atoms with Crippen LogP contribution in [0.4, 0.5) is 21.9 Å². The molecule has 0 radical (unpaired) electrons. The fraction of sp³-hybridized carbons (Fsp3) is 0.429. The lowest BCUT2D eigenvalue weighted by Gasteiger charge is -2.28. The molecule has 0 spiro atoms. The lowest BCUT2D eigenvalue weighted by atomic mass is 10.0. The number of anilines is 3. The molecule has 2 N–H and O–H groups in total. The Labute approximate surface area is 204 Å². The number of amides is 2. The molecule has 0 saturated heterocycles. The Morgan fingerprint density at radius 1 is 0.941 bits per heavy atom. The van der Waals surface area contributed by atoms with Gasteiger partial charge >= 0.3 is 12.0 Å². The predicted octanol–water partition coefficient (Wildman–Crippen LogP) is 7.01. The molecular formula is C28H39N3O3. The molecule has 0 bridgehead atoms. The quantitative estimate of drug-likeness (QED) is 0.261. The van der Waals surface area contributed by atoms with Gasteiger partial charge in [-0.2, -0.15) is 0 Å². The van der Waals surface area contributed by atoms with E-state index in [2.05, 4.69) is 29.4 Å². The van der Waals surface area contributed by atoms with Gasteiger partial charge in [-0.1, -0.05) is 50.5 Å². The van der Waals surface area contributed by atoms with Gasteiger partial charge in [0.2, 0.25) is 0 Å². The highest BCUT2D eigenvalue weighted by molar-refractivity contribution is 6.02. The maximum atomic E-state index is 12.9. The van der Waals surface area contributed by atoms with Crippen molar-refractivity contribution < 1.29 is 14.3 Å². The van der Waals surface area contributed by atoms with Crippen LogP contribution in [0, 0.1) is 6.92 Å². The predicted molar refractivity (Wildman–Crippen MR) is 143 cm³/mol. The molecule has 0 saturated carbocycles. The van der Waals surface area contributed by atoms with E-state index in [9.17, 15) is 9.59 Å². The molecule has 2 rings (SSSR count). The fourth-order valence-electron chi connectivity index (χ4n) is 3.57. The largest absolute Gasteiger partial charge is 0.463 e. The molecule has 0 aromatic heterocycles. The van der Waals surface area contributed by atoms with Gasteiger partial charge in [-0.3, -0.25) is 0 Å². The van der Waals surface area contributed by atoms with E-state index < -0.39 is 0 Å². The first-order valence-electron chi connectivity index (χ1n) is 12.3. The second-order valence-corrected chi connectivity index (χ2v) is 8.45. The number of carbonyl (C=O) groups is 2. The minimum atomic E-state index is -0.372. The van der Waals surface area contributed by atoms with Crippen LogP contribution in [0.3, 0.4) is 0 Å². The van der Waals surface area contributed by atoms with Crippen LogP contribution in [0.25, 0.3) is 5.57 Å². The first kappa shape index (κ1) is 27.0. The third-order valence-corrected chi connectivity index (χ3v) is 5.53. The zero-order chi connectivity index (χ0) is 24.9. The maximum absolute atomic E-state index is 12.9. The second-order valence-electron chi connectivity index (χ2n) is 8.45. The Morgan fingerprint density at radius 2 is 1.59 bits per heavy atom. The number of hydrogen-bond donors (Lipinski definition) is 2. The van der Waals surface area contributed by atoms with Gasteiger partial charge in [0, 0.05) is 24.9 Å². The van der Waals surface area contributed by atoms with Crippen LogP contribution in [0.2, 0.25) is 0 Å². The highest BCUT2D eigenvalue weighted by Crippen LogP contribution is 2.31. The van der Waals surface area contributed by atoms with Gasteiger partial charge in [-0.05, 0) is 69.0 Å². The van der Waals surface area contributed by atoms with Crippen LogP contribution in [0.5, 0.6) is 0 Å². The molecule has 0 aliphatic heterocycles. The van der Waals surface area contributed by atoms with Crippen molar-refractivity contribution in [1.82, 2.24) is 0 Å². The first-order valence-corrected chi connectivity index (χ1v) is 12.3. The van der Waals surface area contributed by atoms with E-state index in [4.69, 9.17) is 4.74 Å². The van der Waals surface area contributed by atoms with Crippen LogP contribution in [0.1, 0.15) is 64.5 Å². The van der Waals surface area contributed by atoms with Crippen molar-refractivity contribution in [3.63, 3.8) is 0 Å². The third-order valence-electron chi connectivity index (χ3n) is 5.53. The van der Waals surface area contributed by atoms with Gasteiger partial charge in [0.05, 0.1) is 18.0 Å². The number of esters is 1. The van der Waals surface area contributed by atoms with Crippen molar-refractivity contribution in [2.24, 2.45) is 0 Å². The van der Waals surface area contributed by atoms with Crippen LogP contribution in [-0.4, -0.2) is 31.7 Å². The number of benzene rings is 2. The smallest absolute Gasteiger partial charge is 0.331 e. The van der Waals surface area contributed by atoms with E-state index in [0.29, 0.717) is 12.3 Å². The zero-order valence-corrected chi connectivity index (χ0v) is 21.2. The number of aryl methyl sites for hydroxylation is 1. The number of urea groups is 1. The number of hydrogen-bond acceptors (Lipinski definition) is 4. The van der Waals surface area contributed by atoms with E-state index >= 15 is 0 Å². The van der Waals surface area contributed by atoms with Crippen LogP contribution in [0.15, 0.2) is 48.5 Å². The molecule has 2 aromatic carbocycles. The Balaban J connectivity index is 2.37. The molecule has 0 fully saturated rings. The zero-order valence-electron chi connectivity index (χ0n) is 21.2. The fourth-order valence-corrected chi connectivity index (χ4v) is 3.57. The van der Waals surface area contributed by atoms with E-state index in [1.165, 1.54) is 6.08 Å². The molecule has 0 atom stereocenters. The van der Waals surface area contributed by atoms with Gasteiger partial charge in [0.1, 0.15) is 0 Å². The summed E-state index contributed by atoms with van der Waals surface area (Å²) in [5.74, 6) is -0.372. The van der Waals surface area contributed by atoms with E-state index in [1.54, 1.807) is 6.92 Å². The number of unbranched alkanes of at least 4 members (excludes halogenated alkanes) is 2. The van der Waals surface area contributed by atoms with Crippen molar-refractivity contribution in [2.45, 2.75) is 60.3 Å². The van der Waals surface area contributed by atoms with Crippen molar-refractivity contribution in [3.05, 3.63) is 59.7 Å². The summed E-state index contributed by atoms with van der Waals surface area (Å²) in [5, 5.41) is 5.96. The third kappa shape index (κ3) is 8.58. The first-order chi connectivity index (χ1) is 16.4. The van der Waals surface area contributed by atoms with E-state index in [0.717, 1.165) is 66.8 Å². The van der Waals surface area contributed by atoms with Crippen molar-refractivity contribution in [2.75, 3.05) is 35.2 Å². The minimum absolute atomic E-state index is 0.305. The highest BCUT2D eigenvalue weighted by Gasteiger charge is 2.15. The number of carbonyl (C=O) groups excluding carboxylic acids is 2. The molecule has 6 nitrogen and oxygen atoms in total. The number of nitrogens with zero attached hydrogens (tertiary/aromatic N) is 1. The summed E-state index contributed by atoms with van der Waals surface area (Å²) in [4.78, 5) is 27.2. The Bertz CT molecular complexity index is 959. The van der Waals surface area contributed by atoms with E-state index in [1.807, 2.05) is 56.3 Å². The average molecular weight is 466 g/mol. The number of allylic oxidation sites excluding steroid dienone is 1. The molecule has 2 aromatic rings. The lowest BCUT2D eigenvalue weighted by molar-refractivity contribution is -0.137. The Kier molecular flexibility index (Phi) is 11.2. The Hall–Kier alpha value is -3.28. The van der Waals surface area contributed by atoms with Crippen LogP contribution >= 0.6 is 0 Å². The normalized spacial score (nSPS) is 11.1. The molecule has 0 aliphatic carbocycles. The Morgan fingerprint density at radius 3 is 2.18 bits per heavy atom. The minimum Gasteiger partial charge on any atom is -0.463 e. The summed E-state index contributed by atoms with van der Waals surface area (Å²) < 4.78 is 5.05. The molecule has 184 valence electrons. The molecular weight excluding hydrogens is 426 g/mol. The summed E-state index contributed by atoms with van der Waals surface area (Å²) in [6.45, 7) is 12.2. The molecule has 6 heteroatoms. The topological polar surface area (TPSA) is 70.7 Å². The molecule has 0 heterocycles. The van der Waals surface area contributed by atoms with Crippen molar-refractivity contribution in [1.29, 1.82) is 0 Å². The number of rotatable bonds is 12. The summed E-state index contributed by atoms with van der Waals surface area (Å²) in [6, 6.07) is 13.3. The van der Waals surface area contributed by atoms with Crippen molar-refractivity contribution >= 4 is 34.6 Å². The van der Waals surface area contributed by atoms with Gasteiger partial charge in [-0.15, -0.1) is 0 Å². The SMILES string of the molecule is CCCCN(CCCC)c1ccc(/C(C)=C/C(=O)OCC)cc1NC(=O)Nc1ccc(C)cc1. The maximum Gasteiger partial charge on any atom is 0.331 e. The summed E-state index contributed by atoms with van der Waals surface area (Å²) in [7, 11) is 0. The molecule has 0 aliphatic rings. The van der Waals surface area contributed by atoms with Crippen LogP contribution in [-0.2, 0) is 9.53 Å². The standard InChI is InChI=1S/C28H39N3O3/c1-6-9-17-31(18-10-7-2)26-16-13-23(22(5)19-27(32)34-8-3)20-25(26)30-28(33)29-24-14-11-21(4)12-15-24/h11-16,19-20H,6-10,17-18H2,1-5H3,(H2,29,30,33)/b22-19+. The van der Waals surface area contributed by atoms with Gasteiger partial charge in [0.25, 0.3) is 0 Å². The molecule has 0 unspecified atom stereocenters. The number of ether oxygens (including phenoxy) is 1. The van der Waals surface area contributed by atoms with Crippen molar-refractivity contribution in [3.8, 4) is 0 Å². The average Bonchev–Trinajstić information content (AvgIpc) is 2.81. The van der Waals surface area contributed by atoms with Crippen LogP contribution < -0.4 is 15.5 Å². The summed E-state index contributed by atoms with van der Waals surface area (Å²) >= 11 is 0. The molecule has 34 heavy (non-hydrogen) atoms. The van der Waals surface area contributed by atoms with Gasteiger partial charge in [-0.25, -0.2) is 9.59 Å². The monoisotopic (exact) mass is 465 g/mol. The van der Waals surface area contributed by atoms with E-state index in [-0.39, 0.29) is 12.0 Å². The second kappa shape index (κ2) is 14.1. The highest BCUT2D eigenvalue weighted by atomic mass is 16.5. The number of nitrogens with one attached hydrogen (secondary N) is 2. The summed E-state index contributed by atoms with van der Waals surface area (Å²) in [6.07, 6.45) is 5.82. The van der Waals surface area contributed by atoms with Gasteiger partial charge < -0.3 is 20.3 Å². The molecule has 2 amide bonds. The summed E-state index contributed by atoms with van der Waals surface area (Å²) in [5.41, 5.74) is 5.19. The van der Waals surface area contributed by atoms with Gasteiger partial charge in [0.15, 0.2) is 0 Å². The lowest BCUT2D eigenvalue weighted by Crippen LogP contribution is -2.28.